The molecule has 7 nitrogen and oxygen atoms in total. The number of amides is 1. The van der Waals surface area contributed by atoms with Crippen molar-refractivity contribution in [3.05, 3.63) is 40.5 Å². The number of esters is 1. The fourth-order valence-electron chi connectivity index (χ4n) is 6.19. The van der Waals surface area contributed by atoms with Gasteiger partial charge in [-0.25, -0.2) is 0 Å². The van der Waals surface area contributed by atoms with Gasteiger partial charge in [-0.2, -0.15) is 0 Å². The second kappa shape index (κ2) is 13.0. The van der Waals surface area contributed by atoms with E-state index in [9.17, 15) is 9.59 Å². The number of aryl methyl sites for hydroxylation is 1. The van der Waals surface area contributed by atoms with Crippen LogP contribution in [0.5, 0.6) is 11.5 Å². The van der Waals surface area contributed by atoms with Crippen molar-refractivity contribution in [2.24, 2.45) is 17.8 Å². The molecule has 9 heteroatoms. The molecule has 2 bridgehead atoms. The Hall–Kier alpha value is -2.78. The van der Waals surface area contributed by atoms with Crippen molar-refractivity contribution in [1.29, 1.82) is 0 Å². The topological polar surface area (TPSA) is 78.2 Å². The Morgan fingerprint density at radius 2 is 1.90 bits per heavy atom. The Kier molecular flexibility index (Phi) is 9.44. The number of carbonyl (C=O) groups excluding carboxylic acids is 2. The van der Waals surface area contributed by atoms with Crippen LogP contribution < -0.4 is 9.47 Å². The van der Waals surface area contributed by atoms with Gasteiger partial charge in [-0.1, -0.05) is 44.2 Å². The Morgan fingerprint density at radius 1 is 1.15 bits per heavy atom. The first kappa shape index (κ1) is 29.7. The number of thiocarbonyl (C=S) groups is 1. The molecule has 3 fully saturated rings. The second-order valence-electron chi connectivity index (χ2n) is 11.7. The summed E-state index contributed by atoms with van der Waals surface area (Å²) < 4.78 is 23.4. The van der Waals surface area contributed by atoms with E-state index in [0.29, 0.717) is 70.0 Å². The zero-order chi connectivity index (χ0) is 29.1. The average Bonchev–Trinajstić information content (AvgIpc) is 3.74. The van der Waals surface area contributed by atoms with E-state index >= 15 is 0 Å². The molecule has 1 aromatic heterocycles. The lowest BCUT2D eigenvalue weighted by molar-refractivity contribution is -0.144. The smallest absolute Gasteiger partial charge is 0.305 e. The van der Waals surface area contributed by atoms with Gasteiger partial charge in [-0.05, 0) is 80.0 Å². The van der Waals surface area contributed by atoms with Crippen molar-refractivity contribution in [2.45, 2.75) is 71.3 Å². The largest absolute Gasteiger partial charge is 0.497 e. The van der Waals surface area contributed by atoms with Crippen LogP contribution in [-0.2, 0) is 20.7 Å². The fourth-order valence-corrected chi connectivity index (χ4v) is 7.54. The first-order valence-electron chi connectivity index (χ1n) is 14.5. The van der Waals surface area contributed by atoms with Crippen LogP contribution in [0, 0.1) is 17.8 Å². The first-order chi connectivity index (χ1) is 19.7. The van der Waals surface area contributed by atoms with Crippen molar-refractivity contribution in [3.8, 4) is 22.8 Å². The summed E-state index contributed by atoms with van der Waals surface area (Å²) in [6.07, 6.45) is 9.06. The van der Waals surface area contributed by atoms with Crippen LogP contribution in [0.1, 0.15) is 70.1 Å². The molecular weight excluding hydrogens is 558 g/mol. The van der Waals surface area contributed by atoms with E-state index < -0.39 is 0 Å². The van der Waals surface area contributed by atoms with Gasteiger partial charge in [-0.3, -0.25) is 14.5 Å². The molecule has 0 N–H and O–H groups in total. The number of thioether (sulfide) groups is 1. The number of benzene rings is 1. The zero-order valence-electron chi connectivity index (χ0n) is 24.3. The van der Waals surface area contributed by atoms with E-state index in [1.54, 1.807) is 14.2 Å². The van der Waals surface area contributed by atoms with Gasteiger partial charge < -0.3 is 18.6 Å². The highest BCUT2D eigenvalue weighted by molar-refractivity contribution is 8.26. The van der Waals surface area contributed by atoms with Crippen molar-refractivity contribution in [2.75, 3.05) is 20.8 Å². The van der Waals surface area contributed by atoms with Gasteiger partial charge in [0.25, 0.3) is 5.91 Å². The molecule has 3 unspecified atom stereocenters. The standard InChI is InChI=1S/C32H39NO6S2/c1-19(2)7-10-30(34)38-11-5-6-22-16-27(23-14-24(36-3)17-25(15-23)37-4)39-28(22)18-29-31(35)33(32(40)41-29)26-13-20-8-9-21(26)12-20/h14-21,26H,5-13H2,1-4H3. The SMILES string of the molecule is COc1cc(OC)cc(-c2cc(CCCOC(=O)CCC(C)C)c(C=C3SC(=S)N(C4CC5CCC4C5)C3=O)o2)c1. The molecule has 1 aliphatic heterocycles. The molecule has 41 heavy (non-hydrogen) atoms. The number of rotatable bonds is 12. The third-order valence-corrected chi connectivity index (χ3v) is 9.71. The van der Waals surface area contributed by atoms with Gasteiger partial charge >= 0.3 is 5.97 Å². The summed E-state index contributed by atoms with van der Waals surface area (Å²) in [7, 11) is 3.22. The lowest BCUT2D eigenvalue weighted by Crippen LogP contribution is -2.41. The Balaban J connectivity index is 1.37. The molecule has 0 radical (unpaired) electrons. The van der Waals surface area contributed by atoms with Crippen LogP contribution in [0.25, 0.3) is 17.4 Å². The maximum absolute atomic E-state index is 13.6. The molecule has 1 amide bonds. The minimum absolute atomic E-state index is 0.0245. The summed E-state index contributed by atoms with van der Waals surface area (Å²) in [5.41, 5.74) is 1.74. The van der Waals surface area contributed by atoms with Crippen molar-refractivity contribution < 1.29 is 28.2 Å². The van der Waals surface area contributed by atoms with Gasteiger partial charge in [0.15, 0.2) is 0 Å². The average molecular weight is 598 g/mol. The van der Waals surface area contributed by atoms with Crippen molar-refractivity contribution in [1.82, 2.24) is 4.90 Å². The van der Waals surface area contributed by atoms with Crippen LogP contribution in [0.3, 0.4) is 0 Å². The van der Waals surface area contributed by atoms with Crippen LogP contribution in [-0.4, -0.2) is 48.0 Å². The van der Waals surface area contributed by atoms with E-state index in [1.807, 2.05) is 35.2 Å². The minimum Gasteiger partial charge on any atom is -0.497 e. The monoisotopic (exact) mass is 597 g/mol. The van der Waals surface area contributed by atoms with Gasteiger partial charge in [0, 0.05) is 30.2 Å². The number of methoxy groups -OCH3 is 2. The molecule has 2 aromatic rings. The lowest BCUT2D eigenvalue weighted by atomic mass is 9.94. The van der Waals surface area contributed by atoms with Crippen molar-refractivity contribution >= 4 is 46.3 Å². The molecule has 220 valence electrons. The molecule has 2 aliphatic carbocycles. The number of hydrogen-bond donors (Lipinski definition) is 0. The normalized spacial score (nSPS) is 22.8. The van der Waals surface area contributed by atoms with E-state index in [0.717, 1.165) is 29.9 Å². The highest BCUT2D eigenvalue weighted by atomic mass is 32.2. The van der Waals surface area contributed by atoms with E-state index in [4.69, 9.17) is 30.8 Å². The summed E-state index contributed by atoms with van der Waals surface area (Å²) in [5.74, 6) is 4.10. The number of ether oxygens (including phenoxy) is 3. The molecule has 3 aliphatic rings. The molecule has 0 spiro atoms. The van der Waals surface area contributed by atoms with Crippen LogP contribution in [0.4, 0.5) is 0 Å². The van der Waals surface area contributed by atoms with Crippen LogP contribution in [0.15, 0.2) is 33.6 Å². The van der Waals surface area contributed by atoms with E-state index in [2.05, 4.69) is 13.8 Å². The molecule has 5 rings (SSSR count). The highest BCUT2D eigenvalue weighted by Crippen LogP contribution is 2.49. The third-order valence-electron chi connectivity index (χ3n) is 8.38. The number of fused-ring (bicyclic) bond motifs is 2. The number of hydrogen-bond acceptors (Lipinski definition) is 8. The molecule has 3 atom stereocenters. The summed E-state index contributed by atoms with van der Waals surface area (Å²) in [5, 5.41) is 0. The van der Waals surface area contributed by atoms with E-state index in [1.165, 1.54) is 31.0 Å². The maximum atomic E-state index is 13.6. The predicted octanol–water partition coefficient (Wildman–Crippen LogP) is 7.27. The van der Waals surface area contributed by atoms with Gasteiger partial charge in [0.2, 0.25) is 0 Å². The summed E-state index contributed by atoms with van der Waals surface area (Å²) >= 11 is 7.06. The predicted molar refractivity (Wildman–Crippen MR) is 165 cm³/mol. The highest BCUT2D eigenvalue weighted by Gasteiger charge is 2.48. The van der Waals surface area contributed by atoms with E-state index in [-0.39, 0.29) is 17.9 Å². The number of furan rings is 1. The number of nitrogens with zero attached hydrogens (tertiary/aromatic N) is 1. The second-order valence-corrected chi connectivity index (χ2v) is 13.3. The summed E-state index contributed by atoms with van der Waals surface area (Å²) in [6, 6.07) is 7.79. The molecule has 1 saturated heterocycles. The molecule has 2 heterocycles. The Morgan fingerprint density at radius 3 is 2.54 bits per heavy atom. The lowest BCUT2D eigenvalue weighted by Gasteiger charge is -2.30. The molecule has 2 saturated carbocycles. The summed E-state index contributed by atoms with van der Waals surface area (Å²) in [4.78, 5) is 28.1. The van der Waals surface area contributed by atoms with Gasteiger partial charge in [-0.15, -0.1) is 0 Å². The zero-order valence-corrected chi connectivity index (χ0v) is 25.9. The van der Waals surface area contributed by atoms with Crippen LogP contribution in [0.2, 0.25) is 0 Å². The molecular formula is C32H39NO6S2. The third kappa shape index (κ3) is 6.83. The quantitative estimate of drug-likeness (QED) is 0.109. The number of carbonyl (C=O) groups is 2. The molecule has 1 aromatic carbocycles. The maximum Gasteiger partial charge on any atom is 0.305 e. The van der Waals surface area contributed by atoms with Crippen LogP contribution >= 0.6 is 24.0 Å². The minimum atomic E-state index is -0.167. The van der Waals surface area contributed by atoms with Gasteiger partial charge in [0.05, 0.1) is 25.7 Å². The van der Waals surface area contributed by atoms with Gasteiger partial charge in [0.1, 0.15) is 27.3 Å². The van der Waals surface area contributed by atoms with Crippen molar-refractivity contribution in [3.63, 3.8) is 0 Å². The Labute approximate surface area is 252 Å². The Bertz CT molecular complexity index is 1310. The first-order valence-corrected chi connectivity index (χ1v) is 15.8. The summed E-state index contributed by atoms with van der Waals surface area (Å²) in [6.45, 7) is 4.51. The fraction of sp³-hybridized carbons (Fsp3) is 0.531.